The van der Waals surface area contributed by atoms with Gasteiger partial charge in [-0.05, 0) is 31.2 Å². The van der Waals surface area contributed by atoms with E-state index >= 15 is 0 Å². The van der Waals surface area contributed by atoms with Crippen molar-refractivity contribution in [2.75, 3.05) is 7.05 Å². The van der Waals surface area contributed by atoms with Gasteiger partial charge in [0.1, 0.15) is 0 Å². The maximum atomic E-state index is 6.18. The average Bonchev–Trinajstić information content (AvgIpc) is 2.22. The van der Waals surface area contributed by atoms with E-state index in [0.717, 1.165) is 17.1 Å². The highest BCUT2D eigenvalue weighted by atomic mass is 35.5. The van der Waals surface area contributed by atoms with E-state index in [4.69, 9.17) is 11.6 Å². The fourth-order valence-electron chi connectivity index (χ4n) is 1.25. The summed E-state index contributed by atoms with van der Waals surface area (Å²) in [5, 5.41) is 4.61. The Bertz CT molecular complexity index is 314. The van der Waals surface area contributed by atoms with Gasteiger partial charge in [-0.3, -0.25) is 0 Å². The minimum atomic E-state index is 0.649. The van der Waals surface area contributed by atoms with Crippen LogP contribution in [0.5, 0.6) is 0 Å². The summed E-state index contributed by atoms with van der Waals surface area (Å²) in [4.78, 5) is 1.26. The predicted molar refractivity (Wildman–Crippen MR) is 69.8 cm³/mol. The second-order valence-corrected chi connectivity index (χ2v) is 5.54. The van der Waals surface area contributed by atoms with Crippen molar-refractivity contribution in [3.8, 4) is 0 Å². The molecule has 1 nitrogen and oxygen atoms in total. The van der Waals surface area contributed by atoms with Gasteiger partial charge in [0.2, 0.25) is 0 Å². The molecule has 1 aromatic carbocycles. The van der Waals surface area contributed by atoms with Gasteiger partial charge in [0, 0.05) is 21.7 Å². The summed E-state index contributed by atoms with van der Waals surface area (Å²) in [6, 6.07) is 6.31. The molecule has 0 fully saturated rings. The average molecular weight is 244 g/mol. The Labute approximate surface area is 102 Å². The molecule has 0 saturated carbocycles. The van der Waals surface area contributed by atoms with E-state index in [2.05, 4.69) is 37.4 Å². The zero-order valence-electron chi connectivity index (χ0n) is 9.51. The Morgan fingerprint density at radius 3 is 2.73 bits per heavy atom. The van der Waals surface area contributed by atoms with E-state index in [1.54, 1.807) is 0 Å². The van der Waals surface area contributed by atoms with E-state index in [9.17, 15) is 0 Å². The van der Waals surface area contributed by atoms with Crippen LogP contribution < -0.4 is 5.32 Å². The SMILES string of the molecule is CCC(C)Sc1ccc(CNC)c(Cl)c1. The van der Waals surface area contributed by atoms with Crippen LogP contribution in [0, 0.1) is 0 Å². The maximum Gasteiger partial charge on any atom is 0.0462 e. The molecule has 0 aliphatic carbocycles. The summed E-state index contributed by atoms with van der Waals surface area (Å²) >= 11 is 8.06. The minimum absolute atomic E-state index is 0.649. The lowest BCUT2D eigenvalue weighted by molar-refractivity contribution is 0.817. The summed E-state index contributed by atoms with van der Waals surface area (Å²) in [6.45, 7) is 5.27. The zero-order valence-corrected chi connectivity index (χ0v) is 11.1. The van der Waals surface area contributed by atoms with Crippen LogP contribution in [0.25, 0.3) is 0 Å². The first-order chi connectivity index (χ1) is 7.17. The van der Waals surface area contributed by atoms with Crippen LogP contribution in [0.2, 0.25) is 5.02 Å². The summed E-state index contributed by atoms with van der Waals surface area (Å²) in [5.41, 5.74) is 1.16. The van der Waals surface area contributed by atoms with E-state index < -0.39 is 0 Å². The molecule has 0 saturated heterocycles. The molecule has 1 unspecified atom stereocenters. The quantitative estimate of drug-likeness (QED) is 0.786. The van der Waals surface area contributed by atoms with Gasteiger partial charge in [-0.15, -0.1) is 11.8 Å². The largest absolute Gasteiger partial charge is 0.316 e. The van der Waals surface area contributed by atoms with Gasteiger partial charge in [0.15, 0.2) is 0 Å². The smallest absolute Gasteiger partial charge is 0.0462 e. The standard InChI is InChI=1S/C12H18ClNS/c1-4-9(2)15-11-6-5-10(8-14-3)12(13)7-11/h5-7,9,14H,4,8H2,1-3H3. The van der Waals surface area contributed by atoms with Crippen LogP contribution in [0.4, 0.5) is 0 Å². The van der Waals surface area contributed by atoms with Crippen LogP contribution in [-0.4, -0.2) is 12.3 Å². The predicted octanol–water partition coefficient (Wildman–Crippen LogP) is 3.95. The molecule has 0 amide bonds. The highest BCUT2D eigenvalue weighted by Crippen LogP contribution is 2.28. The first kappa shape index (κ1) is 12.9. The molecule has 0 spiro atoms. The summed E-state index contributed by atoms with van der Waals surface area (Å²) in [6.07, 6.45) is 1.18. The molecule has 1 N–H and O–H groups in total. The van der Waals surface area contributed by atoms with Crippen molar-refractivity contribution >= 4 is 23.4 Å². The van der Waals surface area contributed by atoms with E-state index in [-0.39, 0.29) is 0 Å². The monoisotopic (exact) mass is 243 g/mol. The molecule has 3 heteroatoms. The van der Waals surface area contributed by atoms with E-state index in [1.807, 2.05) is 18.8 Å². The molecule has 0 radical (unpaired) electrons. The number of hydrogen-bond donors (Lipinski definition) is 1. The Kier molecular flexibility index (Phi) is 5.51. The molecule has 0 aromatic heterocycles. The highest BCUT2D eigenvalue weighted by Gasteiger charge is 2.04. The van der Waals surface area contributed by atoms with Gasteiger partial charge in [0.25, 0.3) is 0 Å². The lowest BCUT2D eigenvalue weighted by atomic mass is 10.2. The van der Waals surface area contributed by atoms with Crippen LogP contribution in [0.1, 0.15) is 25.8 Å². The topological polar surface area (TPSA) is 12.0 Å². The second-order valence-electron chi connectivity index (χ2n) is 3.62. The summed E-state index contributed by atoms with van der Waals surface area (Å²) in [5.74, 6) is 0. The minimum Gasteiger partial charge on any atom is -0.316 e. The van der Waals surface area contributed by atoms with E-state index in [0.29, 0.717) is 5.25 Å². The fourth-order valence-corrected chi connectivity index (χ4v) is 2.53. The lowest BCUT2D eigenvalue weighted by Gasteiger charge is -2.10. The fraction of sp³-hybridized carbons (Fsp3) is 0.500. The Balaban J connectivity index is 2.73. The van der Waals surface area contributed by atoms with Crippen LogP contribution >= 0.6 is 23.4 Å². The molecule has 0 aliphatic rings. The van der Waals surface area contributed by atoms with Gasteiger partial charge in [-0.2, -0.15) is 0 Å². The number of hydrogen-bond acceptors (Lipinski definition) is 2. The second kappa shape index (κ2) is 6.41. The Morgan fingerprint density at radius 2 is 2.20 bits per heavy atom. The third kappa shape index (κ3) is 4.06. The summed E-state index contributed by atoms with van der Waals surface area (Å²) < 4.78 is 0. The molecule has 84 valence electrons. The molecule has 1 atom stereocenters. The normalized spacial score (nSPS) is 12.8. The lowest BCUT2D eigenvalue weighted by Crippen LogP contribution is -2.05. The van der Waals surface area contributed by atoms with Crippen molar-refractivity contribution in [3.63, 3.8) is 0 Å². The third-order valence-corrected chi connectivity index (χ3v) is 3.92. The van der Waals surface area contributed by atoms with E-state index in [1.165, 1.54) is 11.3 Å². The van der Waals surface area contributed by atoms with Crippen LogP contribution in [0.3, 0.4) is 0 Å². The number of nitrogens with one attached hydrogen (secondary N) is 1. The Hall–Kier alpha value is -0.180. The van der Waals surface area contributed by atoms with Gasteiger partial charge in [0.05, 0.1) is 0 Å². The Morgan fingerprint density at radius 1 is 1.47 bits per heavy atom. The number of rotatable bonds is 5. The number of halogens is 1. The summed E-state index contributed by atoms with van der Waals surface area (Å²) in [7, 11) is 1.93. The number of thioether (sulfide) groups is 1. The van der Waals surface area contributed by atoms with Gasteiger partial charge in [-0.1, -0.05) is 31.5 Å². The van der Waals surface area contributed by atoms with Crippen molar-refractivity contribution in [3.05, 3.63) is 28.8 Å². The van der Waals surface area contributed by atoms with Crippen molar-refractivity contribution in [2.24, 2.45) is 0 Å². The van der Waals surface area contributed by atoms with Crippen molar-refractivity contribution < 1.29 is 0 Å². The van der Waals surface area contributed by atoms with Gasteiger partial charge >= 0.3 is 0 Å². The highest BCUT2D eigenvalue weighted by molar-refractivity contribution is 7.99. The molecular formula is C12H18ClNS. The zero-order chi connectivity index (χ0) is 11.3. The molecule has 0 heterocycles. The van der Waals surface area contributed by atoms with Gasteiger partial charge in [-0.25, -0.2) is 0 Å². The third-order valence-electron chi connectivity index (χ3n) is 2.30. The molecule has 1 rings (SSSR count). The maximum absolute atomic E-state index is 6.18. The first-order valence-electron chi connectivity index (χ1n) is 5.27. The van der Waals surface area contributed by atoms with Crippen LogP contribution in [0.15, 0.2) is 23.1 Å². The first-order valence-corrected chi connectivity index (χ1v) is 6.52. The molecule has 0 aliphatic heterocycles. The molecule has 15 heavy (non-hydrogen) atoms. The number of benzene rings is 1. The van der Waals surface area contributed by atoms with Crippen LogP contribution in [-0.2, 0) is 6.54 Å². The van der Waals surface area contributed by atoms with Crippen molar-refractivity contribution in [1.82, 2.24) is 5.32 Å². The van der Waals surface area contributed by atoms with Gasteiger partial charge < -0.3 is 5.32 Å². The molecule has 0 bridgehead atoms. The molecule has 1 aromatic rings. The van der Waals surface area contributed by atoms with Crippen molar-refractivity contribution in [2.45, 2.75) is 37.0 Å². The molecular weight excluding hydrogens is 226 g/mol. The van der Waals surface area contributed by atoms with Crippen molar-refractivity contribution in [1.29, 1.82) is 0 Å².